The normalized spacial score (nSPS) is 13.6. The summed E-state index contributed by atoms with van der Waals surface area (Å²) in [6.07, 6.45) is 2.69. The number of fused-ring (bicyclic) bond motifs is 1. The topological polar surface area (TPSA) is 107 Å². The van der Waals surface area contributed by atoms with Gasteiger partial charge < -0.3 is 9.47 Å². The molecule has 0 unspecified atom stereocenters. The van der Waals surface area contributed by atoms with E-state index in [1.807, 2.05) is 24.3 Å². The fraction of sp³-hybridized carbons (Fsp3) is 0.105. The van der Waals surface area contributed by atoms with Crippen molar-refractivity contribution in [3.63, 3.8) is 0 Å². The first-order chi connectivity index (χ1) is 14.1. The third kappa shape index (κ3) is 4.06. The molecule has 0 aliphatic carbocycles. The standard InChI is InChI=1S/C19H14N4O5S/c24-18(16-12-27-9-10-28-16)22(19-21-15-3-1-2-4-17(15)29-19)20-11-13-5-7-14(8-6-13)23(25)26/h1-8,11-12H,9-10H2/b20-11+. The van der Waals surface area contributed by atoms with Crippen LogP contribution >= 0.6 is 11.3 Å². The summed E-state index contributed by atoms with van der Waals surface area (Å²) >= 11 is 1.31. The molecule has 2 aromatic carbocycles. The second kappa shape index (κ2) is 8.07. The van der Waals surface area contributed by atoms with E-state index in [1.54, 1.807) is 12.1 Å². The zero-order valence-electron chi connectivity index (χ0n) is 14.9. The van der Waals surface area contributed by atoms with Gasteiger partial charge in [-0.1, -0.05) is 23.5 Å². The number of amides is 1. The molecule has 3 aromatic rings. The molecule has 0 spiro atoms. The predicted octanol–water partition coefficient (Wildman–Crippen LogP) is 3.46. The lowest BCUT2D eigenvalue weighted by Gasteiger charge is -2.19. The fourth-order valence-corrected chi connectivity index (χ4v) is 3.45. The monoisotopic (exact) mass is 410 g/mol. The summed E-state index contributed by atoms with van der Waals surface area (Å²) in [5.74, 6) is -0.502. The third-order valence-corrected chi connectivity index (χ3v) is 4.95. The van der Waals surface area contributed by atoms with Gasteiger partial charge in [-0.3, -0.25) is 14.9 Å². The maximum atomic E-state index is 13.0. The van der Waals surface area contributed by atoms with Crippen LogP contribution in [-0.4, -0.2) is 35.2 Å². The summed E-state index contributed by atoms with van der Waals surface area (Å²) in [5.41, 5.74) is 1.30. The Balaban J connectivity index is 1.68. The van der Waals surface area contributed by atoms with Gasteiger partial charge in [-0.2, -0.15) is 10.1 Å². The van der Waals surface area contributed by atoms with E-state index in [0.29, 0.717) is 17.3 Å². The molecule has 0 fully saturated rings. The molecule has 10 heteroatoms. The molecule has 0 saturated heterocycles. The van der Waals surface area contributed by atoms with Crippen molar-refractivity contribution >= 4 is 44.5 Å². The van der Waals surface area contributed by atoms with Gasteiger partial charge in [0, 0.05) is 12.1 Å². The van der Waals surface area contributed by atoms with Crippen LogP contribution in [0.15, 0.2) is 65.7 Å². The Hall–Kier alpha value is -3.79. The molecule has 146 valence electrons. The number of hydrazone groups is 1. The number of nitrogens with zero attached hydrogens (tertiary/aromatic N) is 4. The van der Waals surface area contributed by atoms with Crippen molar-refractivity contribution in [2.75, 3.05) is 18.2 Å². The number of nitro benzene ring substituents is 1. The highest BCUT2D eigenvalue weighted by Crippen LogP contribution is 2.30. The molecule has 0 radical (unpaired) electrons. The van der Waals surface area contributed by atoms with Crippen molar-refractivity contribution in [1.82, 2.24) is 4.98 Å². The largest absolute Gasteiger partial charge is 0.494 e. The molecule has 2 heterocycles. The number of benzene rings is 2. The summed E-state index contributed by atoms with van der Waals surface area (Å²) in [5, 5.41) is 16.6. The van der Waals surface area contributed by atoms with E-state index >= 15 is 0 Å². The summed E-state index contributed by atoms with van der Waals surface area (Å²) in [4.78, 5) is 27.7. The summed E-state index contributed by atoms with van der Waals surface area (Å²) in [6.45, 7) is 0.626. The summed E-state index contributed by atoms with van der Waals surface area (Å²) in [6, 6.07) is 13.3. The van der Waals surface area contributed by atoms with E-state index in [1.165, 1.54) is 35.9 Å². The molecule has 0 N–H and O–H groups in total. The van der Waals surface area contributed by atoms with Crippen LogP contribution in [0.5, 0.6) is 0 Å². The lowest BCUT2D eigenvalue weighted by atomic mass is 10.2. The van der Waals surface area contributed by atoms with Crippen molar-refractivity contribution in [3.8, 4) is 0 Å². The van der Waals surface area contributed by atoms with Gasteiger partial charge >= 0.3 is 5.91 Å². The van der Waals surface area contributed by atoms with Gasteiger partial charge in [0.25, 0.3) is 5.69 Å². The van der Waals surface area contributed by atoms with Gasteiger partial charge in [0.05, 0.1) is 21.4 Å². The maximum Gasteiger partial charge on any atom is 0.319 e. The smallest absolute Gasteiger partial charge is 0.319 e. The molecule has 0 bridgehead atoms. The first-order valence-electron chi connectivity index (χ1n) is 8.55. The SMILES string of the molecule is O=C(C1=COCCO1)N(/N=C/c1ccc([N+](=O)[O-])cc1)c1nc2ccccc2s1. The Bertz CT molecular complexity index is 1090. The van der Waals surface area contributed by atoms with Crippen molar-refractivity contribution in [2.45, 2.75) is 0 Å². The Labute approximate surface area is 168 Å². The number of carbonyl (C=O) groups is 1. The number of ether oxygens (including phenoxy) is 2. The van der Waals surface area contributed by atoms with Gasteiger partial charge in [-0.25, -0.2) is 4.98 Å². The molecule has 0 saturated carbocycles. The van der Waals surface area contributed by atoms with E-state index in [-0.39, 0.29) is 18.1 Å². The molecule has 0 atom stereocenters. The van der Waals surface area contributed by atoms with Crippen LogP contribution in [0.4, 0.5) is 10.8 Å². The second-order valence-electron chi connectivity index (χ2n) is 5.88. The van der Waals surface area contributed by atoms with Gasteiger partial charge in [-0.05, 0) is 29.8 Å². The predicted molar refractivity (Wildman–Crippen MR) is 108 cm³/mol. The third-order valence-electron chi connectivity index (χ3n) is 3.94. The molecule has 1 amide bonds. The van der Waals surface area contributed by atoms with Crippen molar-refractivity contribution in [3.05, 3.63) is 76.2 Å². The Kier molecular flexibility index (Phi) is 5.16. The fourth-order valence-electron chi connectivity index (χ4n) is 2.53. The number of anilines is 1. The van der Waals surface area contributed by atoms with Crippen molar-refractivity contribution in [2.24, 2.45) is 5.10 Å². The lowest BCUT2D eigenvalue weighted by Crippen LogP contribution is -2.30. The Morgan fingerprint density at radius 1 is 1.21 bits per heavy atom. The van der Waals surface area contributed by atoms with Gasteiger partial charge in [-0.15, -0.1) is 0 Å². The van der Waals surface area contributed by atoms with Crippen LogP contribution in [-0.2, 0) is 14.3 Å². The number of rotatable bonds is 5. The minimum atomic E-state index is -0.526. The minimum Gasteiger partial charge on any atom is -0.494 e. The van der Waals surface area contributed by atoms with E-state index in [2.05, 4.69) is 10.1 Å². The number of nitro groups is 1. The van der Waals surface area contributed by atoms with Crippen LogP contribution in [0, 0.1) is 10.1 Å². The Morgan fingerprint density at radius 2 is 2.00 bits per heavy atom. The van der Waals surface area contributed by atoms with Crippen LogP contribution in [0.3, 0.4) is 0 Å². The molecule has 1 aromatic heterocycles. The zero-order valence-corrected chi connectivity index (χ0v) is 15.7. The second-order valence-corrected chi connectivity index (χ2v) is 6.88. The van der Waals surface area contributed by atoms with Crippen LogP contribution < -0.4 is 5.01 Å². The number of non-ortho nitro benzene ring substituents is 1. The number of thiazole rings is 1. The van der Waals surface area contributed by atoms with Crippen molar-refractivity contribution < 1.29 is 19.2 Å². The highest BCUT2D eigenvalue weighted by atomic mass is 32.1. The number of para-hydroxylation sites is 1. The average Bonchev–Trinajstić information content (AvgIpc) is 3.18. The van der Waals surface area contributed by atoms with E-state index in [4.69, 9.17) is 9.47 Å². The van der Waals surface area contributed by atoms with Gasteiger partial charge in [0.2, 0.25) is 10.9 Å². The van der Waals surface area contributed by atoms with E-state index < -0.39 is 10.8 Å². The number of hydrogen-bond donors (Lipinski definition) is 0. The highest BCUT2D eigenvalue weighted by molar-refractivity contribution is 7.22. The van der Waals surface area contributed by atoms with Gasteiger partial charge in [0.1, 0.15) is 19.5 Å². The number of aromatic nitrogens is 1. The van der Waals surface area contributed by atoms with Crippen LogP contribution in [0.1, 0.15) is 5.56 Å². The first-order valence-corrected chi connectivity index (χ1v) is 9.36. The van der Waals surface area contributed by atoms with Crippen molar-refractivity contribution in [1.29, 1.82) is 0 Å². The molecule has 4 rings (SSSR count). The van der Waals surface area contributed by atoms with Gasteiger partial charge in [0.15, 0.2) is 0 Å². The van der Waals surface area contributed by atoms with E-state index in [9.17, 15) is 14.9 Å². The number of carbonyl (C=O) groups excluding carboxylic acids is 1. The quantitative estimate of drug-likeness (QED) is 0.362. The first kappa shape index (κ1) is 18.6. The molecular weight excluding hydrogens is 396 g/mol. The maximum absolute atomic E-state index is 13.0. The summed E-state index contributed by atoms with van der Waals surface area (Å²) < 4.78 is 11.5. The average molecular weight is 410 g/mol. The number of hydrogen-bond acceptors (Lipinski definition) is 8. The zero-order chi connectivity index (χ0) is 20.2. The van der Waals surface area contributed by atoms with Crippen LogP contribution in [0.25, 0.3) is 10.2 Å². The lowest BCUT2D eigenvalue weighted by molar-refractivity contribution is -0.384. The molecular formula is C19H14N4O5S. The molecule has 9 nitrogen and oxygen atoms in total. The summed E-state index contributed by atoms with van der Waals surface area (Å²) in [7, 11) is 0. The van der Waals surface area contributed by atoms with Crippen LogP contribution in [0.2, 0.25) is 0 Å². The van der Waals surface area contributed by atoms with E-state index in [0.717, 1.165) is 15.2 Å². The minimum absolute atomic E-state index is 0.0244. The molecule has 1 aliphatic rings. The molecule has 29 heavy (non-hydrogen) atoms. The molecule has 1 aliphatic heterocycles. The Morgan fingerprint density at radius 3 is 2.69 bits per heavy atom. The highest BCUT2D eigenvalue weighted by Gasteiger charge is 2.26.